The van der Waals surface area contributed by atoms with E-state index in [4.69, 9.17) is 4.74 Å². The first-order valence-corrected chi connectivity index (χ1v) is 11.7. The number of amides is 4. The Bertz CT molecular complexity index is 1360. The second-order valence-electron chi connectivity index (χ2n) is 8.81. The maximum absolute atomic E-state index is 13.0. The van der Waals surface area contributed by atoms with E-state index >= 15 is 0 Å². The summed E-state index contributed by atoms with van der Waals surface area (Å²) in [6, 6.07) is 7.52. The molecule has 1 aliphatic heterocycles. The van der Waals surface area contributed by atoms with Crippen LogP contribution in [0.2, 0.25) is 0 Å². The van der Waals surface area contributed by atoms with E-state index in [0.29, 0.717) is 17.1 Å². The molecule has 12 nitrogen and oxygen atoms in total. The summed E-state index contributed by atoms with van der Waals surface area (Å²) in [7, 11) is 0. The van der Waals surface area contributed by atoms with Crippen LogP contribution in [-0.2, 0) is 16.1 Å². The van der Waals surface area contributed by atoms with Crippen LogP contribution < -0.4 is 26.0 Å². The lowest BCUT2D eigenvalue weighted by molar-refractivity contribution is -0.123. The predicted molar refractivity (Wildman–Crippen MR) is 127 cm³/mol. The van der Waals surface area contributed by atoms with Crippen LogP contribution in [0.3, 0.4) is 0 Å². The Kier molecular flexibility index (Phi) is 6.23. The first-order valence-electron chi connectivity index (χ1n) is 11.7. The van der Waals surface area contributed by atoms with Gasteiger partial charge in [0.05, 0.1) is 11.9 Å². The highest BCUT2D eigenvalue weighted by atomic mass is 16.5. The zero-order chi connectivity index (χ0) is 25.2. The van der Waals surface area contributed by atoms with E-state index in [1.54, 1.807) is 31.2 Å². The minimum atomic E-state index is -0.761. The van der Waals surface area contributed by atoms with Crippen molar-refractivity contribution < 1.29 is 23.9 Å². The molecule has 0 spiro atoms. The summed E-state index contributed by atoms with van der Waals surface area (Å²) in [4.78, 5) is 54.1. The molecule has 0 bridgehead atoms. The topological polar surface area (TPSA) is 156 Å². The standard InChI is InChI=1S/C24H25N7O5/c1-13(22(33)28-15-3-2-4-15)27-24(35)18-10-17(29-20-7-8-26-31(18)20)23(34)25-11-14-5-6-19-16(9-14)30-21(32)12-36-19/h5-10,13,15H,2-4,11-12H2,1H3,(H,25,34)(H,27,35)(H,28,33)(H,30,32)/t13-/m0/s1. The number of hydrogen-bond donors (Lipinski definition) is 4. The van der Waals surface area contributed by atoms with Crippen LogP contribution in [-0.4, -0.2) is 56.9 Å². The number of anilines is 1. The number of benzene rings is 1. The molecule has 1 aromatic carbocycles. The highest BCUT2D eigenvalue weighted by molar-refractivity contribution is 6.00. The van der Waals surface area contributed by atoms with E-state index in [-0.39, 0.29) is 42.4 Å². The minimum absolute atomic E-state index is 0.0225. The molecule has 4 N–H and O–H groups in total. The van der Waals surface area contributed by atoms with E-state index < -0.39 is 17.9 Å². The molecule has 0 radical (unpaired) electrons. The normalized spacial score (nSPS) is 15.6. The second-order valence-corrected chi connectivity index (χ2v) is 8.81. The number of rotatable bonds is 7. The Morgan fingerprint density at radius 1 is 1.19 bits per heavy atom. The number of nitrogens with zero attached hydrogens (tertiary/aromatic N) is 3. The predicted octanol–water partition coefficient (Wildman–Crippen LogP) is 0.777. The fourth-order valence-corrected chi connectivity index (χ4v) is 3.92. The third-order valence-corrected chi connectivity index (χ3v) is 6.15. The Morgan fingerprint density at radius 3 is 2.81 bits per heavy atom. The Morgan fingerprint density at radius 2 is 2.03 bits per heavy atom. The van der Waals surface area contributed by atoms with Gasteiger partial charge < -0.3 is 26.0 Å². The highest BCUT2D eigenvalue weighted by Gasteiger charge is 2.25. The first kappa shape index (κ1) is 23.3. The fraction of sp³-hybridized carbons (Fsp3) is 0.333. The van der Waals surface area contributed by atoms with Crippen molar-refractivity contribution in [1.29, 1.82) is 0 Å². The molecule has 2 aromatic heterocycles. The van der Waals surface area contributed by atoms with Crippen LogP contribution in [0.5, 0.6) is 5.75 Å². The Labute approximate surface area is 205 Å². The van der Waals surface area contributed by atoms with E-state index in [0.717, 1.165) is 24.8 Å². The lowest BCUT2D eigenvalue weighted by atomic mass is 9.93. The average molecular weight is 492 g/mol. The van der Waals surface area contributed by atoms with Crippen molar-refractivity contribution in [2.45, 2.75) is 44.8 Å². The van der Waals surface area contributed by atoms with Gasteiger partial charge in [-0.2, -0.15) is 5.10 Å². The maximum atomic E-state index is 13.0. The van der Waals surface area contributed by atoms with Crippen LogP contribution in [0.15, 0.2) is 36.5 Å². The van der Waals surface area contributed by atoms with E-state index in [1.807, 2.05) is 0 Å². The van der Waals surface area contributed by atoms with Gasteiger partial charge in [-0.05, 0) is 43.9 Å². The quantitative estimate of drug-likeness (QED) is 0.380. The number of ether oxygens (including phenoxy) is 1. The molecular formula is C24H25N7O5. The van der Waals surface area contributed by atoms with Gasteiger partial charge >= 0.3 is 0 Å². The molecule has 1 fully saturated rings. The van der Waals surface area contributed by atoms with Crippen molar-refractivity contribution >= 4 is 35.0 Å². The van der Waals surface area contributed by atoms with Crippen LogP contribution in [0.25, 0.3) is 5.65 Å². The van der Waals surface area contributed by atoms with Gasteiger partial charge in [-0.3, -0.25) is 19.2 Å². The molecule has 36 heavy (non-hydrogen) atoms. The van der Waals surface area contributed by atoms with E-state index in [2.05, 4.69) is 31.3 Å². The van der Waals surface area contributed by atoms with E-state index in [1.165, 1.54) is 16.8 Å². The van der Waals surface area contributed by atoms with Crippen LogP contribution in [0.4, 0.5) is 5.69 Å². The zero-order valence-electron chi connectivity index (χ0n) is 19.5. The molecule has 186 valence electrons. The number of aromatic nitrogens is 3. The Balaban J connectivity index is 1.28. The van der Waals surface area contributed by atoms with Crippen LogP contribution in [0.1, 0.15) is 52.7 Å². The molecule has 1 aliphatic carbocycles. The SMILES string of the molecule is C[C@H](NC(=O)c1cc(C(=O)NCc2ccc3c(c2)NC(=O)CO3)nc2ccnn12)C(=O)NC1CCC1. The minimum Gasteiger partial charge on any atom is -0.482 e. The molecule has 4 amide bonds. The van der Waals surface area contributed by atoms with Crippen LogP contribution in [0, 0.1) is 0 Å². The first-order chi connectivity index (χ1) is 17.4. The van der Waals surface area contributed by atoms with Gasteiger partial charge in [-0.1, -0.05) is 6.07 Å². The van der Waals surface area contributed by atoms with Gasteiger partial charge in [0, 0.05) is 24.7 Å². The summed E-state index contributed by atoms with van der Waals surface area (Å²) >= 11 is 0. The molecule has 2 aliphatic rings. The van der Waals surface area contributed by atoms with Gasteiger partial charge in [-0.25, -0.2) is 9.50 Å². The third kappa shape index (κ3) is 4.83. The van der Waals surface area contributed by atoms with Crippen molar-refractivity contribution in [3.05, 3.63) is 53.5 Å². The third-order valence-electron chi connectivity index (χ3n) is 6.15. The lowest BCUT2D eigenvalue weighted by Crippen LogP contribution is -2.50. The molecule has 12 heteroatoms. The maximum Gasteiger partial charge on any atom is 0.270 e. The largest absolute Gasteiger partial charge is 0.482 e. The lowest BCUT2D eigenvalue weighted by Gasteiger charge is -2.28. The fourth-order valence-electron chi connectivity index (χ4n) is 3.92. The molecule has 5 rings (SSSR count). The monoisotopic (exact) mass is 491 g/mol. The number of carbonyl (C=O) groups is 4. The van der Waals surface area contributed by atoms with Crippen molar-refractivity contribution in [2.75, 3.05) is 11.9 Å². The number of hydrogen-bond acceptors (Lipinski definition) is 7. The Hall–Kier alpha value is -4.48. The number of fused-ring (bicyclic) bond motifs is 2. The second kappa shape index (κ2) is 9.64. The summed E-state index contributed by atoms with van der Waals surface area (Å²) < 4.78 is 6.66. The number of nitrogens with one attached hydrogen (secondary N) is 4. The summed E-state index contributed by atoms with van der Waals surface area (Å²) in [6.45, 7) is 1.73. The van der Waals surface area contributed by atoms with Crippen molar-refractivity contribution in [3.8, 4) is 5.75 Å². The van der Waals surface area contributed by atoms with E-state index in [9.17, 15) is 19.2 Å². The molecule has 3 aromatic rings. The molecule has 0 unspecified atom stereocenters. The molecular weight excluding hydrogens is 466 g/mol. The summed E-state index contributed by atoms with van der Waals surface area (Å²) in [5, 5.41) is 15.2. The smallest absolute Gasteiger partial charge is 0.270 e. The van der Waals surface area contributed by atoms with Crippen LogP contribution >= 0.6 is 0 Å². The number of carbonyl (C=O) groups excluding carboxylic acids is 4. The van der Waals surface area contributed by atoms with Crippen molar-refractivity contribution in [3.63, 3.8) is 0 Å². The van der Waals surface area contributed by atoms with Crippen molar-refractivity contribution in [2.24, 2.45) is 0 Å². The molecule has 0 saturated heterocycles. The molecule has 1 saturated carbocycles. The van der Waals surface area contributed by atoms with Gasteiger partial charge in [0.15, 0.2) is 12.3 Å². The highest BCUT2D eigenvalue weighted by Crippen LogP contribution is 2.28. The summed E-state index contributed by atoms with van der Waals surface area (Å²) in [5.74, 6) is -1.00. The average Bonchev–Trinajstić information content (AvgIpc) is 3.32. The van der Waals surface area contributed by atoms with Gasteiger partial charge in [0.2, 0.25) is 5.91 Å². The van der Waals surface area contributed by atoms with Gasteiger partial charge in [0.1, 0.15) is 23.2 Å². The van der Waals surface area contributed by atoms with Gasteiger partial charge in [0.25, 0.3) is 17.7 Å². The zero-order valence-corrected chi connectivity index (χ0v) is 19.5. The summed E-state index contributed by atoms with van der Waals surface area (Å²) in [5.41, 5.74) is 1.68. The summed E-state index contributed by atoms with van der Waals surface area (Å²) in [6.07, 6.45) is 4.44. The molecule has 1 atom stereocenters. The molecule has 3 heterocycles. The van der Waals surface area contributed by atoms with Gasteiger partial charge in [-0.15, -0.1) is 0 Å². The van der Waals surface area contributed by atoms with Crippen molar-refractivity contribution in [1.82, 2.24) is 30.5 Å².